The lowest BCUT2D eigenvalue weighted by Gasteiger charge is -2.06. The van der Waals surface area contributed by atoms with Gasteiger partial charge in [-0.05, 0) is 42.7 Å². The molecule has 28 heavy (non-hydrogen) atoms. The van der Waals surface area contributed by atoms with Crippen LogP contribution in [0.4, 0.5) is 10.8 Å². The number of pyridine rings is 1. The van der Waals surface area contributed by atoms with E-state index < -0.39 is 0 Å². The van der Waals surface area contributed by atoms with Gasteiger partial charge in [0.2, 0.25) is 0 Å². The van der Waals surface area contributed by atoms with Crippen molar-refractivity contribution in [1.82, 2.24) is 19.8 Å². The minimum absolute atomic E-state index is 0.456. The van der Waals surface area contributed by atoms with Crippen LogP contribution in [0.25, 0.3) is 22.7 Å². The third-order valence-electron chi connectivity index (χ3n) is 4.63. The van der Waals surface area contributed by atoms with Gasteiger partial charge in [-0.25, -0.2) is 9.97 Å². The van der Waals surface area contributed by atoms with E-state index in [9.17, 15) is 0 Å². The number of imidazole rings is 1. The Morgan fingerprint density at radius 1 is 1.18 bits per heavy atom. The van der Waals surface area contributed by atoms with Crippen molar-refractivity contribution in [2.75, 3.05) is 5.32 Å². The van der Waals surface area contributed by atoms with Crippen molar-refractivity contribution in [3.8, 4) is 11.4 Å². The number of hydrogen-bond donors (Lipinski definition) is 3. The molecule has 0 unspecified atom stereocenters. The molecular formula is C21H21N5OS. The molecule has 7 heteroatoms. The number of nitrogens with one attached hydrogen (secondary N) is 2. The summed E-state index contributed by atoms with van der Waals surface area (Å²) in [5.41, 5.74) is 9.34. The molecule has 1 aromatic carbocycles. The van der Waals surface area contributed by atoms with Gasteiger partial charge in [0.15, 0.2) is 5.13 Å². The molecule has 0 aliphatic carbocycles. The highest BCUT2D eigenvalue weighted by atomic mass is 32.1. The number of hydrogen-bond acceptors (Lipinski definition) is 6. The van der Waals surface area contributed by atoms with Gasteiger partial charge in [-0.1, -0.05) is 31.7 Å². The molecule has 4 aromatic rings. The van der Waals surface area contributed by atoms with Gasteiger partial charge in [-0.15, -0.1) is 11.3 Å². The Bertz CT molecular complexity index is 1140. The van der Waals surface area contributed by atoms with Crippen LogP contribution in [-0.2, 0) is 6.42 Å². The standard InChI is InChI=1S/C21H21N5OS/c1-4-15-5-10-19-22-14(3)20(26(19)11-15)18-12-28-21(24-18)23-17-8-6-16(7-9-17)13(2)25-27/h5-12,25,27H,2,4H2,1,3H3,(H,23,24). The maximum Gasteiger partial charge on any atom is 0.187 e. The normalized spacial score (nSPS) is 11.0. The first-order valence-corrected chi connectivity index (χ1v) is 9.87. The smallest absolute Gasteiger partial charge is 0.187 e. The van der Waals surface area contributed by atoms with Crippen LogP contribution in [0.15, 0.2) is 54.6 Å². The first kappa shape index (κ1) is 18.2. The van der Waals surface area contributed by atoms with E-state index in [1.54, 1.807) is 11.3 Å². The van der Waals surface area contributed by atoms with Crippen molar-refractivity contribution in [2.45, 2.75) is 20.3 Å². The van der Waals surface area contributed by atoms with E-state index in [1.807, 2.05) is 36.6 Å². The maximum atomic E-state index is 8.94. The topological polar surface area (TPSA) is 74.5 Å². The molecule has 0 radical (unpaired) electrons. The summed E-state index contributed by atoms with van der Waals surface area (Å²) in [4.78, 5) is 9.43. The van der Waals surface area contributed by atoms with Crippen LogP contribution in [-0.4, -0.2) is 19.6 Å². The van der Waals surface area contributed by atoms with Crippen LogP contribution in [0, 0.1) is 6.92 Å². The van der Waals surface area contributed by atoms with Gasteiger partial charge in [0.1, 0.15) is 11.3 Å². The summed E-state index contributed by atoms with van der Waals surface area (Å²) in [7, 11) is 0. The third kappa shape index (κ3) is 3.37. The number of thiazole rings is 1. The fraction of sp³-hybridized carbons (Fsp3) is 0.143. The van der Waals surface area contributed by atoms with Crippen molar-refractivity contribution in [3.63, 3.8) is 0 Å². The monoisotopic (exact) mass is 391 g/mol. The Morgan fingerprint density at radius 2 is 1.96 bits per heavy atom. The minimum Gasteiger partial charge on any atom is -0.332 e. The van der Waals surface area contributed by atoms with E-state index in [0.29, 0.717) is 5.70 Å². The summed E-state index contributed by atoms with van der Waals surface area (Å²) in [6.45, 7) is 7.89. The lowest BCUT2D eigenvalue weighted by molar-refractivity contribution is 0.225. The molecule has 6 nitrogen and oxygen atoms in total. The Hall–Kier alpha value is -3.16. The zero-order valence-electron chi connectivity index (χ0n) is 15.7. The minimum atomic E-state index is 0.456. The Balaban J connectivity index is 1.62. The van der Waals surface area contributed by atoms with Crippen molar-refractivity contribution in [3.05, 3.63) is 71.4 Å². The first-order valence-electron chi connectivity index (χ1n) is 8.99. The molecule has 0 atom stereocenters. The summed E-state index contributed by atoms with van der Waals surface area (Å²) in [6.07, 6.45) is 3.11. The largest absolute Gasteiger partial charge is 0.332 e. The molecule has 0 aliphatic heterocycles. The van der Waals surface area contributed by atoms with E-state index in [4.69, 9.17) is 10.2 Å². The highest BCUT2D eigenvalue weighted by Crippen LogP contribution is 2.30. The predicted molar refractivity (Wildman–Crippen MR) is 114 cm³/mol. The SMILES string of the molecule is C=C(NO)c1ccc(Nc2nc(-c3c(C)nc4ccc(CC)cn34)cs2)cc1. The van der Waals surface area contributed by atoms with Crippen LogP contribution < -0.4 is 10.8 Å². The molecule has 0 aliphatic rings. The predicted octanol–water partition coefficient (Wildman–Crippen LogP) is 5.02. The van der Waals surface area contributed by atoms with E-state index >= 15 is 0 Å². The summed E-state index contributed by atoms with van der Waals surface area (Å²) < 4.78 is 2.12. The average Bonchev–Trinajstić information content (AvgIpc) is 3.30. The van der Waals surface area contributed by atoms with Gasteiger partial charge in [-0.2, -0.15) is 0 Å². The fourth-order valence-electron chi connectivity index (χ4n) is 3.11. The Kier molecular flexibility index (Phi) is 4.85. The number of nitrogens with zero attached hydrogens (tertiary/aromatic N) is 3. The third-order valence-corrected chi connectivity index (χ3v) is 5.39. The van der Waals surface area contributed by atoms with Gasteiger partial charge in [0, 0.05) is 17.3 Å². The fourth-order valence-corrected chi connectivity index (χ4v) is 3.82. The zero-order chi connectivity index (χ0) is 19.7. The Morgan fingerprint density at radius 3 is 2.68 bits per heavy atom. The van der Waals surface area contributed by atoms with Crippen LogP contribution in [0.3, 0.4) is 0 Å². The van der Waals surface area contributed by atoms with Crippen LogP contribution in [0.1, 0.15) is 23.7 Å². The lowest BCUT2D eigenvalue weighted by atomic mass is 10.1. The molecule has 4 rings (SSSR count). The molecule has 3 heterocycles. The van der Waals surface area contributed by atoms with Crippen molar-refractivity contribution >= 4 is 33.5 Å². The molecule has 142 valence electrons. The van der Waals surface area contributed by atoms with Crippen LogP contribution >= 0.6 is 11.3 Å². The zero-order valence-corrected chi connectivity index (χ0v) is 16.5. The number of aromatic nitrogens is 3. The molecule has 0 spiro atoms. The Labute approximate surface area is 167 Å². The number of anilines is 2. The molecule has 0 saturated carbocycles. The molecule has 3 aromatic heterocycles. The van der Waals surface area contributed by atoms with Crippen LogP contribution in [0.2, 0.25) is 0 Å². The van der Waals surface area contributed by atoms with Crippen molar-refractivity contribution < 1.29 is 5.21 Å². The second-order valence-corrected chi connectivity index (χ2v) is 7.35. The molecule has 0 fully saturated rings. The van der Waals surface area contributed by atoms with Gasteiger partial charge in [0.05, 0.1) is 17.1 Å². The second-order valence-electron chi connectivity index (χ2n) is 6.50. The summed E-state index contributed by atoms with van der Waals surface area (Å²) in [6, 6.07) is 11.8. The van der Waals surface area contributed by atoms with E-state index in [1.165, 1.54) is 5.56 Å². The van der Waals surface area contributed by atoms with E-state index in [0.717, 1.165) is 45.5 Å². The number of fused-ring (bicyclic) bond motifs is 1. The quantitative estimate of drug-likeness (QED) is 0.402. The molecular weight excluding hydrogens is 370 g/mol. The molecule has 0 saturated heterocycles. The van der Waals surface area contributed by atoms with Crippen LogP contribution in [0.5, 0.6) is 0 Å². The summed E-state index contributed by atoms with van der Waals surface area (Å²) in [5, 5.41) is 15.1. The van der Waals surface area contributed by atoms with Crippen molar-refractivity contribution in [1.29, 1.82) is 0 Å². The highest BCUT2D eigenvalue weighted by molar-refractivity contribution is 7.14. The lowest BCUT2D eigenvalue weighted by Crippen LogP contribution is -2.03. The molecule has 3 N–H and O–H groups in total. The maximum absolute atomic E-state index is 8.94. The van der Waals surface area contributed by atoms with E-state index in [2.05, 4.69) is 52.0 Å². The van der Waals surface area contributed by atoms with Crippen molar-refractivity contribution in [2.24, 2.45) is 0 Å². The van der Waals surface area contributed by atoms with E-state index in [-0.39, 0.29) is 0 Å². The van der Waals surface area contributed by atoms with Gasteiger partial charge < -0.3 is 5.32 Å². The average molecular weight is 392 g/mol. The number of rotatable bonds is 6. The molecule has 0 bridgehead atoms. The highest BCUT2D eigenvalue weighted by Gasteiger charge is 2.14. The number of aryl methyl sites for hydroxylation is 2. The van der Waals surface area contributed by atoms with Gasteiger partial charge in [0.25, 0.3) is 0 Å². The first-order chi connectivity index (χ1) is 13.6. The number of benzene rings is 1. The summed E-state index contributed by atoms with van der Waals surface area (Å²) in [5.74, 6) is 0. The summed E-state index contributed by atoms with van der Waals surface area (Å²) >= 11 is 1.55. The van der Waals surface area contributed by atoms with Gasteiger partial charge >= 0.3 is 0 Å². The molecule has 0 amide bonds. The van der Waals surface area contributed by atoms with Gasteiger partial charge in [-0.3, -0.25) is 15.1 Å². The number of hydroxylamine groups is 1. The second kappa shape index (κ2) is 7.46.